The number of rotatable bonds is 6. The summed E-state index contributed by atoms with van der Waals surface area (Å²) in [5.74, 6) is -0.486. The number of amides is 1. The lowest BCUT2D eigenvalue weighted by atomic mass is 9.97. The molecule has 1 N–H and O–H groups in total. The number of anilines is 1. The molecule has 0 aliphatic heterocycles. The largest absolute Gasteiger partial charge is 0.301 e. The normalized spacial score (nSPS) is 13.0. The molecule has 6 rings (SSSR count). The molecule has 10 heteroatoms. The lowest BCUT2D eigenvalue weighted by molar-refractivity contribution is -0.113. The third-order valence-corrected chi connectivity index (χ3v) is 9.66. The van der Waals surface area contributed by atoms with Crippen molar-refractivity contribution in [2.24, 2.45) is 0 Å². The molecule has 0 fully saturated rings. The number of thiophene rings is 1. The first-order valence-electron chi connectivity index (χ1n) is 12.7. The Morgan fingerprint density at radius 2 is 1.90 bits per heavy atom. The first-order valence-corrected chi connectivity index (χ1v) is 15.3. The van der Waals surface area contributed by atoms with E-state index < -0.39 is 0 Å². The van der Waals surface area contributed by atoms with Crippen LogP contribution in [0.3, 0.4) is 0 Å². The standard InChI is InChI=1S/C29H25FN4O2S3/c1-16-7-12-22(17(2)13-16)34-27(36)25-20-5-3-4-6-23(20)39-26(25)33-29(34)38-15-24(35)32-28-31-21(14-37-28)18-8-10-19(30)11-9-18/h7-14H,3-6,15H2,1-2H3,(H,31,32,35). The van der Waals surface area contributed by atoms with Crippen LogP contribution in [0.2, 0.25) is 0 Å². The van der Waals surface area contributed by atoms with Crippen LogP contribution in [-0.2, 0) is 17.6 Å². The third-order valence-electron chi connectivity index (χ3n) is 6.77. The predicted octanol–water partition coefficient (Wildman–Crippen LogP) is 6.94. The number of nitrogens with one attached hydrogen (secondary N) is 1. The smallest absolute Gasteiger partial charge is 0.267 e. The van der Waals surface area contributed by atoms with Gasteiger partial charge >= 0.3 is 0 Å². The van der Waals surface area contributed by atoms with Crippen LogP contribution >= 0.6 is 34.4 Å². The zero-order valence-electron chi connectivity index (χ0n) is 21.4. The maximum Gasteiger partial charge on any atom is 0.267 e. The second-order valence-corrected chi connectivity index (χ2v) is 12.5. The van der Waals surface area contributed by atoms with E-state index in [1.165, 1.54) is 40.1 Å². The van der Waals surface area contributed by atoms with Gasteiger partial charge in [0.05, 0.1) is 22.5 Å². The lowest BCUT2D eigenvalue weighted by Gasteiger charge is -2.15. The minimum Gasteiger partial charge on any atom is -0.301 e. The predicted molar refractivity (Wildman–Crippen MR) is 158 cm³/mol. The molecular formula is C29H25FN4O2S3. The summed E-state index contributed by atoms with van der Waals surface area (Å²) in [6.45, 7) is 4.01. The van der Waals surface area contributed by atoms with Crippen LogP contribution in [0.4, 0.5) is 9.52 Å². The first kappa shape index (κ1) is 25.9. The number of aryl methyl sites for hydroxylation is 4. The Morgan fingerprint density at radius 1 is 1.10 bits per heavy atom. The molecule has 1 amide bonds. The van der Waals surface area contributed by atoms with Gasteiger partial charge in [-0.3, -0.25) is 14.2 Å². The molecular weight excluding hydrogens is 552 g/mol. The van der Waals surface area contributed by atoms with Crippen molar-refractivity contribution < 1.29 is 9.18 Å². The number of halogens is 1. The molecule has 0 saturated carbocycles. The molecule has 0 atom stereocenters. The van der Waals surface area contributed by atoms with Crippen LogP contribution in [0.15, 0.2) is 57.8 Å². The highest BCUT2D eigenvalue weighted by molar-refractivity contribution is 7.99. The molecule has 0 bridgehead atoms. The summed E-state index contributed by atoms with van der Waals surface area (Å²) in [5.41, 5.74) is 5.39. The van der Waals surface area contributed by atoms with Crippen LogP contribution in [0.1, 0.15) is 34.4 Å². The van der Waals surface area contributed by atoms with E-state index in [1.807, 2.05) is 31.4 Å². The van der Waals surface area contributed by atoms with Gasteiger partial charge in [0.2, 0.25) is 5.91 Å². The second kappa shape index (κ2) is 10.7. The summed E-state index contributed by atoms with van der Waals surface area (Å²) in [7, 11) is 0. The maximum atomic E-state index is 14.0. The first-order chi connectivity index (χ1) is 18.9. The van der Waals surface area contributed by atoms with Crippen molar-refractivity contribution in [3.05, 3.63) is 85.6 Å². The van der Waals surface area contributed by atoms with Crippen molar-refractivity contribution in [3.8, 4) is 16.9 Å². The van der Waals surface area contributed by atoms with Crippen molar-refractivity contribution in [1.82, 2.24) is 14.5 Å². The van der Waals surface area contributed by atoms with Crippen molar-refractivity contribution in [2.45, 2.75) is 44.7 Å². The zero-order chi connectivity index (χ0) is 27.1. The van der Waals surface area contributed by atoms with E-state index >= 15 is 0 Å². The molecule has 0 saturated heterocycles. The summed E-state index contributed by atoms with van der Waals surface area (Å²) in [4.78, 5) is 38.3. The quantitative estimate of drug-likeness (QED) is 0.175. The molecule has 5 aromatic rings. The molecule has 0 unspecified atom stereocenters. The number of nitrogens with zero attached hydrogens (tertiary/aromatic N) is 3. The summed E-state index contributed by atoms with van der Waals surface area (Å²) in [5, 5.41) is 6.35. The van der Waals surface area contributed by atoms with E-state index in [2.05, 4.69) is 16.4 Å². The van der Waals surface area contributed by atoms with E-state index in [0.29, 0.717) is 16.0 Å². The van der Waals surface area contributed by atoms with Gasteiger partial charge in [-0.05, 0) is 81.0 Å². The van der Waals surface area contributed by atoms with Gasteiger partial charge < -0.3 is 5.32 Å². The molecule has 3 aromatic heterocycles. The van der Waals surface area contributed by atoms with Crippen LogP contribution in [-0.4, -0.2) is 26.2 Å². The summed E-state index contributed by atoms with van der Waals surface area (Å²) >= 11 is 4.16. The Hall–Kier alpha value is -3.34. The number of aromatic nitrogens is 3. The van der Waals surface area contributed by atoms with Crippen LogP contribution in [0.5, 0.6) is 0 Å². The van der Waals surface area contributed by atoms with Gasteiger partial charge in [0, 0.05) is 15.8 Å². The Labute approximate surface area is 237 Å². The van der Waals surface area contributed by atoms with Gasteiger partial charge in [-0.1, -0.05) is 29.5 Å². The molecule has 0 radical (unpaired) electrons. The Morgan fingerprint density at radius 3 is 2.69 bits per heavy atom. The number of benzene rings is 2. The monoisotopic (exact) mass is 576 g/mol. The van der Waals surface area contributed by atoms with Crippen LogP contribution < -0.4 is 10.9 Å². The number of carbonyl (C=O) groups excluding carboxylic acids is 1. The Balaban J connectivity index is 1.30. The molecule has 1 aliphatic rings. The van der Waals surface area contributed by atoms with Crippen LogP contribution in [0, 0.1) is 19.7 Å². The molecule has 0 spiro atoms. The van der Waals surface area contributed by atoms with Crippen LogP contribution in [0.25, 0.3) is 27.2 Å². The average Bonchev–Trinajstić information content (AvgIpc) is 3.53. The average molecular weight is 577 g/mol. The summed E-state index contributed by atoms with van der Waals surface area (Å²) in [6.07, 6.45) is 4.10. The van der Waals surface area contributed by atoms with Gasteiger partial charge in [-0.15, -0.1) is 22.7 Å². The molecule has 39 heavy (non-hydrogen) atoms. The van der Waals surface area contributed by atoms with Crippen molar-refractivity contribution in [2.75, 3.05) is 11.1 Å². The Bertz CT molecular complexity index is 1770. The van der Waals surface area contributed by atoms with Crippen molar-refractivity contribution in [1.29, 1.82) is 0 Å². The van der Waals surface area contributed by atoms with E-state index in [0.717, 1.165) is 63.8 Å². The number of hydrogen-bond donors (Lipinski definition) is 1. The van der Waals surface area contributed by atoms with Gasteiger partial charge in [0.1, 0.15) is 10.6 Å². The lowest BCUT2D eigenvalue weighted by Crippen LogP contribution is -2.24. The highest BCUT2D eigenvalue weighted by Crippen LogP contribution is 2.35. The van der Waals surface area contributed by atoms with Gasteiger partial charge in [0.25, 0.3) is 5.56 Å². The fourth-order valence-corrected chi connectivity index (χ4v) is 7.77. The molecule has 1 aliphatic carbocycles. The SMILES string of the molecule is Cc1ccc(-n2c(SCC(=O)Nc3nc(-c4ccc(F)cc4)cs3)nc3sc4c(c3c2=O)CCCC4)c(C)c1. The van der Waals surface area contributed by atoms with E-state index in [-0.39, 0.29) is 23.0 Å². The highest BCUT2D eigenvalue weighted by Gasteiger charge is 2.24. The van der Waals surface area contributed by atoms with Gasteiger partial charge in [0.15, 0.2) is 10.3 Å². The number of fused-ring (bicyclic) bond motifs is 3. The minimum atomic E-state index is -0.312. The number of thioether (sulfide) groups is 1. The number of thiazole rings is 1. The van der Waals surface area contributed by atoms with Gasteiger partial charge in [-0.2, -0.15) is 0 Å². The summed E-state index contributed by atoms with van der Waals surface area (Å²) in [6, 6.07) is 12.1. The maximum absolute atomic E-state index is 14.0. The number of hydrogen-bond acceptors (Lipinski definition) is 7. The van der Waals surface area contributed by atoms with Crippen molar-refractivity contribution in [3.63, 3.8) is 0 Å². The highest BCUT2D eigenvalue weighted by atomic mass is 32.2. The zero-order valence-corrected chi connectivity index (χ0v) is 23.9. The van der Waals surface area contributed by atoms with Crippen molar-refractivity contribution >= 4 is 55.7 Å². The topological polar surface area (TPSA) is 76.9 Å². The molecule has 3 heterocycles. The van der Waals surface area contributed by atoms with E-state index in [1.54, 1.807) is 28.0 Å². The van der Waals surface area contributed by atoms with E-state index in [4.69, 9.17) is 4.98 Å². The summed E-state index contributed by atoms with van der Waals surface area (Å²) < 4.78 is 14.9. The third kappa shape index (κ3) is 5.16. The minimum absolute atomic E-state index is 0.0689. The van der Waals surface area contributed by atoms with Gasteiger partial charge in [-0.25, -0.2) is 14.4 Å². The van der Waals surface area contributed by atoms with E-state index in [9.17, 15) is 14.0 Å². The second-order valence-electron chi connectivity index (χ2n) is 9.60. The molecule has 6 nitrogen and oxygen atoms in total. The number of carbonyl (C=O) groups is 1. The fourth-order valence-electron chi connectivity index (χ4n) is 4.92. The molecule has 198 valence electrons. The molecule has 2 aromatic carbocycles. The Kier molecular flexibility index (Phi) is 7.09. The fraction of sp³-hybridized carbons (Fsp3) is 0.241.